The Bertz CT molecular complexity index is 348. The van der Waals surface area contributed by atoms with Crippen LogP contribution in [0.3, 0.4) is 0 Å². The zero-order valence-corrected chi connectivity index (χ0v) is 6.49. The van der Waals surface area contributed by atoms with Crippen molar-refractivity contribution in [2.24, 2.45) is 9.98 Å². The number of hydrogen-bond donors (Lipinski definition) is 1. The molecule has 0 amide bonds. The van der Waals surface area contributed by atoms with Crippen LogP contribution in [0.2, 0.25) is 0 Å². The van der Waals surface area contributed by atoms with Gasteiger partial charge < -0.3 is 0 Å². The largest absolute Gasteiger partial charge is 0.241 e. The van der Waals surface area contributed by atoms with Crippen molar-refractivity contribution in [2.45, 2.75) is 6.42 Å². The fourth-order valence-electron chi connectivity index (χ4n) is 1.55. The molecule has 60 valence electrons. The minimum absolute atomic E-state index is 0.846. The number of nitrogens with one attached hydrogen (secondary N) is 1. The van der Waals surface area contributed by atoms with E-state index in [4.69, 9.17) is 0 Å². The number of fused-ring (bicyclic) bond motifs is 2. The van der Waals surface area contributed by atoms with Crippen LogP contribution in [0.4, 0.5) is 0 Å². The first-order valence-electron chi connectivity index (χ1n) is 3.99. The van der Waals surface area contributed by atoms with Crippen LogP contribution in [0.5, 0.6) is 0 Å². The van der Waals surface area contributed by atoms with Crippen LogP contribution in [-0.4, -0.2) is 24.0 Å². The van der Waals surface area contributed by atoms with Crippen LogP contribution in [0.15, 0.2) is 33.3 Å². The van der Waals surface area contributed by atoms with Gasteiger partial charge in [-0.05, 0) is 6.08 Å². The zero-order chi connectivity index (χ0) is 7.97. The third kappa shape index (κ3) is 0.648. The number of hydrogen-bond acceptors (Lipinski definition) is 4. The molecule has 0 spiro atoms. The monoisotopic (exact) mass is 160 g/mol. The van der Waals surface area contributed by atoms with Gasteiger partial charge in [-0.1, -0.05) is 0 Å². The molecule has 0 radical (unpaired) electrons. The molecule has 0 bridgehead atoms. The van der Waals surface area contributed by atoms with Gasteiger partial charge in [0.2, 0.25) is 0 Å². The Morgan fingerprint density at radius 3 is 3.42 bits per heavy atom. The lowest BCUT2D eigenvalue weighted by atomic mass is 10.2. The van der Waals surface area contributed by atoms with Crippen LogP contribution in [0, 0.1) is 0 Å². The van der Waals surface area contributed by atoms with E-state index < -0.39 is 0 Å². The van der Waals surface area contributed by atoms with E-state index in [9.17, 15) is 0 Å². The standard InChI is InChI=1S/C8H8N4/c1-3-9-8-6(1)5-10-7-2-4-11-12(7)8/h2-3,5,11H,1,4H2. The van der Waals surface area contributed by atoms with Gasteiger partial charge in [-0.25, -0.2) is 20.4 Å². The third-order valence-corrected chi connectivity index (χ3v) is 2.14. The lowest BCUT2D eigenvalue weighted by molar-refractivity contribution is 0.346. The Morgan fingerprint density at radius 1 is 1.42 bits per heavy atom. The molecular formula is C8H8N4. The minimum Gasteiger partial charge on any atom is -0.241 e. The maximum atomic E-state index is 4.30. The van der Waals surface area contributed by atoms with Gasteiger partial charge in [0, 0.05) is 31.0 Å². The Balaban J connectivity index is 2.11. The molecule has 3 aliphatic heterocycles. The maximum absolute atomic E-state index is 4.30. The highest BCUT2D eigenvalue weighted by atomic mass is 15.6. The summed E-state index contributed by atoms with van der Waals surface area (Å²) in [5, 5.41) is 1.94. The minimum atomic E-state index is 0.846. The molecule has 0 aromatic carbocycles. The predicted octanol–water partition coefficient (Wildman–Crippen LogP) is 0.419. The SMILES string of the molecule is C1=NC2=CCNN2C2=C1CC=N2. The average molecular weight is 160 g/mol. The van der Waals surface area contributed by atoms with Crippen molar-refractivity contribution in [1.29, 1.82) is 0 Å². The van der Waals surface area contributed by atoms with Crippen molar-refractivity contribution in [2.75, 3.05) is 6.54 Å². The molecule has 0 unspecified atom stereocenters. The summed E-state index contributed by atoms with van der Waals surface area (Å²) in [6.07, 6.45) is 6.77. The summed E-state index contributed by atoms with van der Waals surface area (Å²) in [5.74, 6) is 1.97. The van der Waals surface area contributed by atoms with E-state index in [0.717, 1.165) is 24.6 Å². The van der Waals surface area contributed by atoms with Crippen molar-refractivity contribution < 1.29 is 0 Å². The lowest BCUT2D eigenvalue weighted by Gasteiger charge is -2.22. The zero-order valence-electron chi connectivity index (χ0n) is 6.49. The van der Waals surface area contributed by atoms with Gasteiger partial charge >= 0.3 is 0 Å². The van der Waals surface area contributed by atoms with E-state index >= 15 is 0 Å². The highest BCUT2D eigenvalue weighted by molar-refractivity contribution is 5.89. The number of aliphatic imine (C=N–C) groups is 2. The van der Waals surface area contributed by atoms with Gasteiger partial charge in [-0.3, -0.25) is 0 Å². The van der Waals surface area contributed by atoms with Gasteiger partial charge in [0.1, 0.15) is 5.82 Å². The smallest absolute Gasteiger partial charge is 0.153 e. The second kappa shape index (κ2) is 2.04. The van der Waals surface area contributed by atoms with E-state index in [1.54, 1.807) is 0 Å². The molecule has 1 N–H and O–H groups in total. The predicted molar refractivity (Wildman–Crippen MR) is 46.6 cm³/mol. The molecule has 0 saturated carbocycles. The Morgan fingerprint density at radius 2 is 2.42 bits per heavy atom. The van der Waals surface area contributed by atoms with Gasteiger partial charge in [-0.15, -0.1) is 0 Å². The number of hydrazine groups is 1. The molecule has 3 aliphatic rings. The van der Waals surface area contributed by atoms with Crippen LogP contribution in [-0.2, 0) is 0 Å². The molecule has 0 fully saturated rings. The molecule has 0 atom stereocenters. The van der Waals surface area contributed by atoms with Gasteiger partial charge in [0.05, 0.1) is 0 Å². The normalized spacial score (nSPS) is 24.7. The van der Waals surface area contributed by atoms with Gasteiger partial charge in [0.15, 0.2) is 5.82 Å². The number of rotatable bonds is 0. The first-order valence-corrected chi connectivity index (χ1v) is 3.99. The molecular weight excluding hydrogens is 152 g/mol. The maximum Gasteiger partial charge on any atom is 0.153 e. The molecule has 4 heteroatoms. The molecule has 3 rings (SSSR count). The van der Waals surface area contributed by atoms with E-state index in [2.05, 4.69) is 15.4 Å². The summed E-state index contributed by atoms with van der Waals surface area (Å²) in [7, 11) is 0. The molecule has 0 aliphatic carbocycles. The fourth-order valence-corrected chi connectivity index (χ4v) is 1.55. The first kappa shape index (κ1) is 6.14. The van der Waals surface area contributed by atoms with Crippen molar-refractivity contribution in [3.05, 3.63) is 23.3 Å². The third-order valence-electron chi connectivity index (χ3n) is 2.14. The quantitative estimate of drug-likeness (QED) is 0.557. The summed E-state index contributed by atoms with van der Waals surface area (Å²) < 4.78 is 0. The van der Waals surface area contributed by atoms with E-state index in [1.807, 2.05) is 23.5 Å². The molecule has 12 heavy (non-hydrogen) atoms. The van der Waals surface area contributed by atoms with Crippen LogP contribution < -0.4 is 5.43 Å². The molecule has 4 nitrogen and oxygen atoms in total. The van der Waals surface area contributed by atoms with E-state index in [1.165, 1.54) is 5.57 Å². The summed E-state index contributed by atoms with van der Waals surface area (Å²) >= 11 is 0. The van der Waals surface area contributed by atoms with Gasteiger partial charge in [-0.2, -0.15) is 0 Å². The van der Waals surface area contributed by atoms with E-state index in [0.29, 0.717) is 0 Å². The highest BCUT2D eigenvalue weighted by Crippen LogP contribution is 2.27. The number of nitrogens with zero attached hydrogens (tertiary/aromatic N) is 3. The Kier molecular flexibility index (Phi) is 1.04. The first-order chi connectivity index (χ1) is 5.95. The molecule has 3 heterocycles. The summed E-state index contributed by atoms with van der Waals surface area (Å²) in [5.41, 5.74) is 4.38. The van der Waals surface area contributed by atoms with Crippen LogP contribution in [0.1, 0.15) is 6.42 Å². The molecule has 0 saturated heterocycles. The lowest BCUT2D eigenvalue weighted by Crippen LogP contribution is -2.32. The van der Waals surface area contributed by atoms with Gasteiger partial charge in [0.25, 0.3) is 0 Å². The second-order valence-electron chi connectivity index (χ2n) is 2.88. The Labute approximate surface area is 70.0 Å². The second-order valence-corrected chi connectivity index (χ2v) is 2.88. The van der Waals surface area contributed by atoms with Crippen molar-refractivity contribution in [3.8, 4) is 0 Å². The van der Waals surface area contributed by atoms with Crippen molar-refractivity contribution in [1.82, 2.24) is 10.4 Å². The summed E-state index contributed by atoms with van der Waals surface area (Å²) in [4.78, 5) is 8.58. The average Bonchev–Trinajstić information content (AvgIpc) is 2.71. The molecule has 0 aromatic heterocycles. The van der Waals surface area contributed by atoms with Crippen molar-refractivity contribution in [3.63, 3.8) is 0 Å². The molecule has 0 aromatic rings. The number of allylic oxidation sites excluding steroid dienone is 1. The summed E-state index contributed by atoms with van der Waals surface area (Å²) in [6.45, 7) is 0.846. The van der Waals surface area contributed by atoms with Crippen LogP contribution >= 0.6 is 0 Å². The van der Waals surface area contributed by atoms with Crippen molar-refractivity contribution >= 4 is 12.4 Å². The highest BCUT2D eigenvalue weighted by Gasteiger charge is 2.25. The fraction of sp³-hybridized carbons (Fsp3) is 0.250. The Hall–Kier alpha value is -1.42. The topological polar surface area (TPSA) is 40.0 Å². The summed E-state index contributed by atoms with van der Waals surface area (Å²) in [6, 6.07) is 0. The van der Waals surface area contributed by atoms with E-state index in [-0.39, 0.29) is 0 Å². The van der Waals surface area contributed by atoms with Crippen LogP contribution in [0.25, 0.3) is 0 Å².